The van der Waals surface area contributed by atoms with E-state index in [9.17, 15) is 9.90 Å². The van der Waals surface area contributed by atoms with Crippen LogP contribution in [0.3, 0.4) is 0 Å². The molecule has 2 aliphatic rings. The van der Waals surface area contributed by atoms with Crippen molar-refractivity contribution < 1.29 is 19.4 Å². The summed E-state index contributed by atoms with van der Waals surface area (Å²) in [4.78, 5) is 14.9. The van der Waals surface area contributed by atoms with Gasteiger partial charge in [0.25, 0.3) is 0 Å². The SMILES string of the molecule is COCC[C@@]1(CO)CCCN(C(=O)C2(COC)CCC2)C1. The van der Waals surface area contributed by atoms with E-state index in [-0.39, 0.29) is 23.3 Å². The lowest BCUT2D eigenvalue weighted by Crippen LogP contribution is -2.56. The van der Waals surface area contributed by atoms with E-state index in [4.69, 9.17) is 9.47 Å². The number of ether oxygens (including phenoxy) is 2. The molecule has 1 amide bonds. The van der Waals surface area contributed by atoms with Crippen molar-refractivity contribution in [2.45, 2.75) is 38.5 Å². The smallest absolute Gasteiger partial charge is 0.231 e. The largest absolute Gasteiger partial charge is 0.396 e. The number of amides is 1. The molecule has 1 heterocycles. The summed E-state index contributed by atoms with van der Waals surface area (Å²) in [6, 6.07) is 0. The van der Waals surface area contributed by atoms with Gasteiger partial charge in [-0.05, 0) is 32.1 Å². The fourth-order valence-electron chi connectivity index (χ4n) is 3.75. The Morgan fingerprint density at radius 1 is 1.19 bits per heavy atom. The van der Waals surface area contributed by atoms with Crippen LogP contribution in [-0.2, 0) is 14.3 Å². The van der Waals surface area contributed by atoms with E-state index in [1.165, 1.54) is 0 Å². The second kappa shape index (κ2) is 7.07. The van der Waals surface area contributed by atoms with Gasteiger partial charge in [0.15, 0.2) is 0 Å². The molecule has 0 unspecified atom stereocenters. The molecule has 0 bridgehead atoms. The van der Waals surface area contributed by atoms with Gasteiger partial charge in [0.1, 0.15) is 0 Å². The molecule has 1 atom stereocenters. The molecule has 2 rings (SSSR count). The van der Waals surface area contributed by atoms with E-state index < -0.39 is 0 Å². The Labute approximate surface area is 127 Å². The van der Waals surface area contributed by atoms with Crippen molar-refractivity contribution >= 4 is 5.91 Å². The average Bonchev–Trinajstić information content (AvgIpc) is 2.48. The van der Waals surface area contributed by atoms with E-state index in [1.807, 2.05) is 4.90 Å². The Morgan fingerprint density at radius 2 is 1.95 bits per heavy atom. The standard InChI is InChI=1S/C16H29NO4/c1-20-10-8-15(12-18)5-4-9-17(11-15)14(19)16(13-21-2)6-3-7-16/h18H,3-13H2,1-2H3/t15-/m0/s1. The zero-order valence-electron chi connectivity index (χ0n) is 13.4. The van der Waals surface area contributed by atoms with Crippen LogP contribution in [0.5, 0.6) is 0 Å². The zero-order chi connectivity index (χ0) is 15.3. The van der Waals surface area contributed by atoms with E-state index in [0.29, 0.717) is 19.8 Å². The number of hydrogen-bond donors (Lipinski definition) is 1. The summed E-state index contributed by atoms with van der Waals surface area (Å²) in [7, 11) is 3.35. The maximum Gasteiger partial charge on any atom is 0.231 e. The molecule has 0 aromatic rings. The average molecular weight is 299 g/mol. The number of carbonyl (C=O) groups is 1. The van der Waals surface area contributed by atoms with Crippen LogP contribution in [0.2, 0.25) is 0 Å². The number of carbonyl (C=O) groups excluding carboxylic acids is 1. The fraction of sp³-hybridized carbons (Fsp3) is 0.938. The van der Waals surface area contributed by atoms with Gasteiger partial charge in [-0.3, -0.25) is 4.79 Å². The molecule has 1 aliphatic carbocycles. The number of aliphatic hydroxyl groups excluding tert-OH is 1. The monoisotopic (exact) mass is 299 g/mol. The van der Waals surface area contributed by atoms with Gasteiger partial charge in [-0.1, -0.05) is 6.42 Å². The molecule has 1 N–H and O–H groups in total. The molecule has 1 aliphatic heterocycles. The predicted molar refractivity (Wildman–Crippen MR) is 80.0 cm³/mol. The summed E-state index contributed by atoms with van der Waals surface area (Å²) in [6.07, 6.45) is 5.70. The van der Waals surface area contributed by atoms with Gasteiger partial charge < -0.3 is 19.5 Å². The molecular formula is C16H29NO4. The molecule has 21 heavy (non-hydrogen) atoms. The normalized spacial score (nSPS) is 28.2. The molecule has 0 radical (unpaired) electrons. The van der Waals surface area contributed by atoms with Crippen LogP contribution < -0.4 is 0 Å². The van der Waals surface area contributed by atoms with Gasteiger partial charge in [-0.15, -0.1) is 0 Å². The van der Waals surface area contributed by atoms with E-state index in [2.05, 4.69) is 0 Å². The molecule has 0 aromatic heterocycles. The first-order valence-corrected chi connectivity index (χ1v) is 8.00. The number of piperidine rings is 1. The Bertz CT molecular complexity index is 356. The Balaban J connectivity index is 2.04. The van der Waals surface area contributed by atoms with E-state index in [1.54, 1.807) is 14.2 Å². The van der Waals surface area contributed by atoms with Gasteiger partial charge in [0.2, 0.25) is 5.91 Å². The molecule has 5 heteroatoms. The molecule has 0 aromatic carbocycles. The van der Waals surface area contributed by atoms with Crippen LogP contribution >= 0.6 is 0 Å². The molecule has 1 saturated carbocycles. The van der Waals surface area contributed by atoms with Gasteiger partial charge in [0, 0.05) is 39.3 Å². The number of rotatable bonds is 7. The highest BCUT2D eigenvalue weighted by molar-refractivity contribution is 5.84. The fourth-order valence-corrected chi connectivity index (χ4v) is 3.75. The number of aliphatic hydroxyl groups is 1. The van der Waals surface area contributed by atoms with Crippen molar-refractivity contribution in [1.29, 1.82) is 0 Å². The number of nitrogens with zero attached hydrogens (tertiary/aromatic N) is 1. The van der Waals surface area contributed by atoms with Crippen molar-refractivity contribution in [3.05, 3.63) is 0 Å². The highest BCUT2D eigenvalue weighted by Crippen LogP contribution is 2.44. The van der Waals surface area contributed by atoms with E-state index >= 15 is 0 Å². The maximum absolute atomic E-state index is 12.9. The minimum absolute atomic E-state index is 0.122. The lowest BCUT2D eigenvalue weighted by atomic mass is 9.67. The summed E-state index contributed by atoms with van der Waals surface area (Å²) >= 11 is 0. The summed E-state index contributed by atoms with van der Waals surface area (Å²) < 4.78 is 10.5. The van der Waals surface area contributed by atoms with Crippen molar-refractivity contribution in [3.63, 3.8) is 0 Å². The molecule has 0 spiro atoms. The van der Waals surface area contributed by atoms with Gasteiger partial charge in [0.05, 0.1) is 18.6 Å². The van der Waals surface area contributed by atoms with Crippen LogP contribution in [-0.4, -0.2) is 63.0 Å². The van der Waals surface area contributed by atoms with Crippen LogP contribution in [0.1, 0.15) is 38.5 Å². The second-order valence-corrected chi connectivity index (χ2v) is 6.80. The summed E-state index contributed by atoms with van der Waals surface area (Å²) in [5.41, 5.74) is -0.490. The molecule has 2 fully saturated rings. The van der Waals surface area contributed by atoms with Crippen molar-refractivity contribution in [2.75, 3.05) is 47.1 Å². The van der Waals surface area contributed by atoms with Crippen LogP contribution in [0.25, 0.3) is 0 Å². The van der Waals surface area contributed by atoms with Crippen molar-refractivity contribution in [3.8, 4) is 0 Å². The first kappa shape index (κ1) is 16.7. The minimum Gasteiger partial charge on any atom is -0.396 e. The van der Waals surface area contributed by atoms with Crippen LogP contribution in [0.4, 0.5) is 0 Å². The zero-order valence-corrected chi connectivity index (χ0v) is 13.4. The quantitative estimate of drug-likeness (QED) is 0.773. The first-order valence-electron chi connectivity index (χ1n) is 8.00. The lowest BCUT2D eigenvalue weighted by molar-refractivity contribution is -0.157. The predicted octanol–water partition coefficient (Wildman–Crippen LogP) is 1.44. The van der Waals surface area contributed by atoms with Gasteiger partial charge in [-0.25, -0.2) is 0 Å². The third kappa shape index (κ3) is 3.41. The molecule has 1 saturated heterocycles. The van der Waals surface area contributed by atoms with Crippen molar-refractivity contribution in [1.82, 2.24) is 4.90 Å². The highest BCUT2D eigenvalue weighted by atomic mass is 16.5. The summed E-state index contributed by atoms with van der Waals surface area (Å²) in [6.45, 7) is 2.73. The number of hydrogen-bond acceptors (Lipinski definition) is 4. The third-order valence-corrected chi connectivity index (χ3v) is 5.31. The molecule has 122 valence electrons. The minimum atomic E-state index is -0.297. The van der Waals surface area contributed by atoms with Gasteiger partial charge >= 0.3 is 0 Å². The topological polar surface area (TPSA) is 59.0 Å². The summed E-state index contributed by atoms with van der Waals surface area (Å²) in [5.74, 6) is 0.227. The Kier molecular flexibility index (Phi) is 5.63. The maximum atomic E-state index is 12.9. The second-order valence-electron chi connectivity index (χ2n) is 6.80. The Morgan fingerprint density at radius 3 is 2.48 bits per heavy atom. The number of likely N-dealkylation sites (tertiary alicyclic amines) is 1. The highest BCUT2D eigenvalue weighted by Gasteiger charge is 2.48. The first-order chi connectivity index (χ1) is 10.1. The lowest BCUT2D eigenvalue weighted by Gasteiger charge is -2.48. The molecule has 5 nitrogen and oxygen atoms in total. The molecular weight excluding hydrogens is 270 g/mol. The van der Waals surface area contributed by atoms with Crippen molar-refractivity contribution in [2.24, 2.45) is 10.8 Å². The number of methoxy groups -OCH3 is 2. The van der Waals surface area contributed by atoms with Crippen LogP contribution in [0.15, 0.2) is 0 Å². The van der Waals surface area contributed by atoms with Gasteiger partial charge in [-0.2, -0.15) is 0 Å². The third-order valence-electron chi connectivity index (χ3n) is 5.31. The Hall–Kier alpha value is -0.650. The summed E-state index contributed by atoms with van der Waals surface area (Å²) in [5, 5.41) is 9.83. The van der Waals surface area contributed by atoms with E-state index in [0.717, 1.165) is 45.1 Å². The van der Waals surface area contributed by atoms with Crippen LogP contribution in [0, 0.1) is 10.8 Å².